The van der Waals surface area contributed by atoms with Crippen molar-refractivity contribution >= 4 is 16.0 Å². The van der Waals surface area contributed by atoms with E-state index in [2.05, 4.69) is 5.32 Å². The van der Waals surface area contributed by atoms with Gasteiger partial charge in [0.1, 0.15) is 16.7 Å². The molecule has 1 atom stereocenters. The maximum atomic E-state index is 13.0. The summed E-state index contributed by atoms with van der Waals surface area (Å²) in [6.07, 6.45) is 0. The lowest BCUT2D eigenvalue weighted by Crippen LogP contribution is -2.55. The summed E-state index contributed by atoms with van der Waals surface area (Å²) in [4.78, 5) is 11.2. The molecule has 0 aromatic heterocycles. The fraction of sp³-hybridized carbons (Fsp3) is 0.562. The highest BCUT2D eigenvalue weighted by molar-refractivity contribution is 7.89. The molecule has 2 N–H and O–H groups in total. The van der Waals surface area contributed by atoms with Crippen molar-refractivity contribution < 1.29 is 23.1 Å². The van der Waals surface area contributed by atoms with Crippen molar-refractivity contribution in [1.29, 1.82) is 0 Å². The third-order valence-corrected chi connectivity index (χ3v) is 5.97. The number of carboxylic acid groups (broad SMARTS) is 1. The third-order valence-electron chi connectivity index (χ3n) is 4.08. The molecule has 1 aromatic rings. The number of methoxy groups -OCH3 is 1. The van der Waals surface area contributed by atoms with Gasteiger partial charge >= 0.3 is 5.97 Å². The van der Waals surface area contributed by atoms with E-state index in [1.165, 1.54) is 11.4 Å². The molecule has 0 aliphatic carbocycles. The number of hydrogen-bond acceptors (Lipinski definition) is 5. The molecule has 8 heteroatoms. The Bertz CT molecular complexity index is 724. The van der Waals surface area contributed by atoms with Crippen molar-refractivity contribution in [1.82, 2.24) is 9.62 Å². The number of rotatable bonds is 4. The minimum atomic E-state index is -3.85. The predicted octanol–water partition coefficient (Wildman–Crippen LogP) is 1.04. The smallest absolute Gasteiger partial charge is 0.322 e. The van der Waals surface area contributed by atoms with Crippen LogP contribution in [0.15, 0.2) is 23.1 Å². The summed E-state index contributed by atoms with van der Waals surface area (Å²) < 4.78 is 32.5. The molecule has 1 aliphatic heterocycles. The lowest BCUT2D eigenvalue weighted by Gasteiger charge is -2.31. The van der Waals surface area contributed by atoms with E-state index in [1.54, 1.807) is 12.1 Å². The lowest BCUT2D eigenvalue weighted by atomic mass is 9.87. The first kappa shape index (κ1) is 18.7. The van der Waals surface area contributed by atoms with Crippen LogP contribution in [-0.2, 0) is 20.2 Å². The number of carbonyl (C=O) groups is 1. The Morgan fingerprint density at radius 1 is 1.38 bits per heavy atom. The number of hydrogen-bond donors (Lipinski definition) is 2. The van der Waals surface area contributed by atoms with Crippen molar-refractivity contribution in [2.45, 2.75) is 37.1 Å². The molecule has 24 heavy (non-hydrogen) atoms. The summed E-state index contributed by atoms with van der Waals surface area (Å²) in [6, 6.07) is 4.19. The second-order valence-corrected chi connectivity index (χ2v) is 8.73. The van der Waals surface area contributed by atoms with Gasteiger partial charge in [-0.25, -0.2) is 8.42 Å². The number of benzene rings is 1. The first-order chi connectivity index (χ1) is 11.1. The van der Waals surface area contributed by atoms with Gasteiger partial charge in [0.15, 0.2) is 0 Å². The molecule has 1 aliphatic rings. The number of ether oxygens (including phenoxy) is 1. The molecule has 0 saturated carbocycles. The molecule has 0 radical (unpaired) electrons. The average molecular weight is 356 g/mol. The molecular weight excluding hydrogens is 332 g/mol. The Morgan fingerprint density at radius 2 is 2.04 bits per heavy atom. The molecule has 1 saturated heterocycles. The van der Waals surface area contributed by atoms with Gasteiger partial charge in [0, 0.05) is 19.6 Å². The number of sulfonamides is 1. The number of carboxylic acids is 1. The van der Waals surface area contributed by atoms with E-state index in [0.29, 0.717) is 0 Å². The molecule has 1 aromatic carbocycles. The van der Waals surface area contributed by atoms with E-state index in [0.717, 1.165) is 5.56 Å². The van der Waals surface area contributed by atoms with Crippen molar-refractivity contribution in [3.05, 3.63) is 23.8 Å². The second-order valence-electron chi connectivity index (χ2n) is 6.82. The minimum absolute atomic E-state index is 0.0727. The van der Waals surface area contributed by atoms with E-state index in [-0.39, 0.29) is 35.7 Å². The van der Waals surface area contributed by atoms with Gasteiger partial charge in [-0.3, -0.25) is 4.79 Å². The molecule has 134 valence electrons. The van der Waals surface area contributed by atoms with Gasteiger partial charge in [0.05, 0.1) is 7.11 Å². The minimum Gasteiger partial charge on any atom is -0.495 e. The summed E-state index contributed by atoms with van der Waals surface area (Å²) in [5.41, 5.74) is 0.649. The van der Waals surface area contributed by atoms with E-state index in [1.807, 2.05) is 26.8 Å². The molecule has 1 heterocycles. The monoisotopic (exact) mass is 356 g/mol. The largest absolute Gasteiger partial charge is 0.495 e. The van der Waals surface area contributed by atoms with Crippen LogP contribution in [-0.4, -0.2) is 56.6 Å². The highest BCUT2D eigenvalue weighted by Gasteiger charge is 2.35. The summed E-state index contributed by atoms with van der Waals surface area (Å²) >= 11 is 0. The van der Waals surface area contributed by atoms with E-state index in [4.69, 9.17) is 9.84 Å². The van der Waals surface area contributed by atoms with E-state index >= 15 is 0 Å². The molecule has 1 fully saturated rings. The van der Waals surface area contributed by atoms with Gasteiger partial charge in [0.25, 0.3) is 0 Å². The summed E-state index contributed by atoms with van der Waals surface area (Å²) in [7, 11) is -2.43. The second kappa shape index (κ2) is 6.70. The van der Waals surface area contributed by atoms with Crippen molar-refractivity contribution in [3.8, 4) is 5.75 Å². The molecule has 0 amide bonds. The highest BCUT2D eigenvalue weighted by atomic mass is 32.2. The van der Waals surface area contributed by atoms with Crippen LogP contribution in [0.1, 0.15) is 26.3 Å². The maximum absolute atomic E-state index is 13.0. The lowest BCUT2D eigenvalue weighted by molar-refractivity contribution is -0.140. The Labute approximate surface area is 142 Å². The van der Waals surface area contributed by atoms with Crippen LogP contribution in [0.3, 0.4) is 0 Å². The van der Waals surface area contributed by atoms with Gasteiger partial charge in [-0.15, -0.1) is 0 Å². The SMILES string of the molecule is COc1ccc(C(C)(C)C)cc1S(=O)(=O)N1CCN[C@H](C(=O)O)C1. The van der Waals surface area contributed by atoms with Crippen LogP contribution in [0.4, 0.5) is 0 Å². The maximum Gasteiger partial charge on any atom is 0.322 e. The van der Waals surface area contributed by atoms with Crippen LogP contribution in [0.2, 0.25) is 0 Å². The summed E-state index contributed by atoms with van der Waals surface area (Å²) in [6.45, 7) is 6.39. The van der Waals surface area contributed by atoms with Crippen LogP contribution < -0.4 is 10.1 Å². The van der Waals surface area contributed by atoms with Gasteiger partial charge in [0.2, 0.25) is 10.0 Å². The molecule has 0 bridgehead atoms. The van der Waals surface area contributed by atoms with Crippen LogP contribution >= 0.6 is 0 Å². The van der Waals surface area contributed by atoms with Crippen LogP contribution in [0.25, 0.3) is 0 Å². The Kier molecular flexibility index (Phi) is 5.22. The quantitative estimate of drug-likeness (QED) is 0.837. The fourth-order valence-corrected chi connectivity index (χ4v) is 4.23. The van der Waals surface area contributed by atoms with Crippen molar-refractivity contribution in [3.63, 3.8) is 0 Å². The van der Waals surface area contributed by atoms with Gasteiger partial charge < -0.3 is 15.2 Å². The van der Waals surface area contributed by atoms with Crippen molar-refractivity contribution in [2.75, 3.05) is 26.7 Å². The van der Waals surface area contributed by atoms with Gasteiger partial charge in [-0.2, -0.15) is 4.31 Å². The standard InChI is InChI=1S/C16H24N2O5S/c1-16(2,3)11-5-6-13(23-4)14(9-11)24(21,22)18-8-7-17-12(10-18)15(19)20/h5-6,9,12,17H,7-8,10H2,1-4H3,(H,19,20)/t12-/m0/s1. The van der Waals surface area contributed by atoms with Gasteiger partial charge in [-0.05, 0) is 23.1 Å². The zero-order chi connectivity index (χ0) is 18.1. The average Bonchev–Trinajstić information content (AvgIpc) is 2.53. The topological polar surface area (TPSA) is 95.9 Å². The first-order valence-electron chi connectivity index (χ1n) is 7.72. The Hall–Kier alpha value is -1.64. The predicted molar refractivity (Wildman–Crippen MR) is 89.9 cm³/mol. The molecule has 7 nitrogen and oxygen atoms in total. The fourth-order valence-electron chi connectivity index (χ4n) is 2.59. The van der Waals surface area contributed by atoms with Gasteiger partial charge in [-0.1, -0.05) is 26.8 Å². The first-order valence-corrected chi connectivity index (χ1v) is 9.16. The number of aliphatic carboxylic acids is 1. The number of nitrogens with one attached hydrogen (secondary N) is 1. The summed E-state index contributed by atoms with van der Waals surface area (Å²) in [5.74, 6) is -0.807. The number of nitrogens with zero attached hydrogens (tertiary/aromatic N) is 1. The Balaban J connectivity index is 2.46. The van der Waals surface area contributed by atoms with Crippen LogP contribution in [0, 0.1) is 0 Å². The normalized spacial score (nSPS) is 19.9. The number of piperazine rings is 1. The van der Waals surface area contributed by atoms with Crippen molar-refractivity contribution in [2.24, 2.45) is 0 Å². The Morgan fingerprint density at radius 3 is 2.58 bits per heavy atom. The molecule has 0 spiro atoms. The zero-order valence-electron chi connectivity index (χ0n) is 14.4. The van der Waals surface area contributed by atoms with E-state index in [9.17, 15) is 13.2 Å². The highest BCUT2D eigenvalue weighted by Crippen LogP contribution is 2.32. The third kappa shape index (κ3) is 3.71. The molecule has 2 rings (SSSR count). The summed E-state index contributed by atoms with van der Waals surface area (Å²) in [5, 5.41) is 11.9. The zero-order valence-corrected chi connectivity index (χ0v) is 15.2. The van der Waals surface area contributed by atoms with E-state index < -0.39 is 22.0 Å². The molecular formula is C16H24N2O5S. The molecule has 0 unspecified atom stereocenters. The van der Waals surface area contributed by atoms with Crippen LogP contribution in [0.5, 0.6) is 5.75 Å².